The number of carbonyl (C=O) groups excluding carboxylic acids is 1. The molecular formula is C21H31Cl2N5O3. The summed E-state index contributed by atoms with van der Waals surface area (Å²) in [6.45, 7) is 5.14. The number of aromatic nitrogens is 2. The first kappa shape index (κ1) is 25.2. The highest BCUT2D eigenvalue weighted by atomic mass is 35.5. The highest BCUT2D eigenvalue weighted by Crippen LogP contribution is 2.23. The fraction of sp³-hybridized carbons (Fsp3) is 0.571. The van der Waals surface area contributed by atoms with Gasteiger partial charge in [-0.25, -0.2) is 9.78 Å². The number of nitrogens with zero attached hydrogens (tertiary/aromatic N) is 3. The van der Waals surface area contributed by atoms with Gasteiger partial charge in [-0.2, -0.15) is 0 Å². The largest absolute Gasteiger partial charge is 0.480 e. The third-order valence-electron chi connectivity index (χ3n) is 5.09. The van der Waals surface area contributed by atoms with E-state index in [1.807, 2.05) is 43.7 Å². The minimum atomic E-state index is -1.07. The van der Waals surface area contributed by atoms with Crippen molar-refractivity contribution in [1.29, 1.82) is 0 Å². The number of carboxylic acid groups (broad SMARTS) is 1. The number of nitrogens with two attached hydrogens (primary N) is 1. The Bertz CT molecular complexity index is 897. The number of carbonyl (C=O) groups is 2. The van der Waals surface area contributed by atoms with Crippen LogP contribution in [0.25, 0.3) is 11.0 Å². The molecule has 0 fully saturated rings. The van der Waals surface area contributed by atoms with Gasteiger partial charge in [0.2, 0.25) is 5.91 Å². The van der Waals surface area contributed by atoms with Gasteiger partial charge in [-0.15, -0.1) is 23.2 Å². The molecule has 0 radical (unpaired) electrons. The summed E-state index contributed by atoms with van der Waals surface area (Å²) in [6, 6.07) is 4.05. The van der Waals surface area contributed by atoms with E-state index in [1.165, 1.54) is 0 Å². The van der Waals surface area contributed by atoms with E-state index in [4.69, 9.17) is 28.9 Å². The first-order valence-corrected chi connectivity index (χ1v) is 11.4. The molecule has 0 aliphatic rings. The average Bonchev–Trinajstić information content (AvgIpc) is 3.01. The molecule has 2 rings (SSSR count). The molecular weight excluding hydrogens is 441 g/mol. The van der Waals surface area contributed by atoms with Crippen LogP contribution in [0.4, 0.5) is 5.69 Å². The quantitative estimate of drug-likeness (QED) is 0.409. The summed E-state index contributed by atoms with van der Waals surface area (Å²) >= 11 is 11.8. The van der Waals surface area contributed by atoms with Crippen LogP contribution in [-0.2, 0) is 23.1 Å². The number of amides is 1. The second-order valence-electron chi connectivity index (χ2n) is 7.96. The van der Waals surface area contributed by atoms with E-state index in [0.717, 1.165) is 16.7 Å². The van der Waals surface area contributed by atoms with Crippen molar-refractivity contribution in [2.24, 2.45) is 18.7 Å². The molecule has 2 unspecified atom stereocenters. The zero-order chi connectivity index (χ0) is 23.1. The van der Waals surface area contributed by atoms with Crippen molar-refractivity contribution < 1.29 is 14.7 Å². The van der Waals surface area contributed by atoms with Crippen molar-refractivity contribution in [2.75, 3.05) is 29.7 Å². The average molecular weight is 472 g/mol. The monoisotopic (exact) mass is 471 g/mol. The Kier molecular flexibility index (Phi) is 9.40. The summed E-state index contributed by atoms with van der Waals surface area (Å²) < 4.78 is 1.89. The molecule has 0 saturated heterocycles. The molecule has 1 amide bonds. The molecule has 0 aliphatic carbocycles. The number of anilines is 1. The Hall–Kier alpha value is -2.03. The van der Waals surface area contributed by atoms with Crippen LogP contribution >= 0.6 is 23.2 Å². The standard InChI is InChI=1S/C21H31Cl2N5O3/c1-13(2)10-17(21(30)31)26-20(29)15(24)12-19-25-16-11-14(4-5-18(16)27(19)3)28(8-6-22)9-7-23/h4-5,11,13,15,17H,6-10,12,24H2,1-3H3,(H,26,29)(H,30,31). The summed E-state index contributed by atoms with van der Waals surface area (Å²) in [6.07, 6.45) is 0.525. The van der Waals surface area contributed by atoms with Crippen molar-refractivity contribution in [3.05, 3.63) is 24.0 Å². The zero-order valence-electron chi connectivity index (χ0n) is 18.1. The Morgan fingerprint density at radius 2 is 1.90 bits per heavy atom. The van der Waals surface area contributed by atoms with Crippen LogP contribution < -0.4 is 16.0 Å². The van der Waals surface area contributed by atoms with Crippen LogP contribution in [-0.4, -0.2) is 63.5 Å². The fourth-order valence-corrected chi connectivity index (χ4v) is 3.86. The maximum absolute atomic E-state index is 12.5. The van der Waals surface area contributed by atoms with Gasteiger partial charge >= 0.3 is 5.97 Å². The third kappa shape index (κ3) is 6.72. The van der Waals surface area contributed by atoms with Crippen LogP contribution in [0.1, 0.15) is 26.1 Å². The van der Waals surface area contributed by atoms with Gasteiger partial charge in [-0.1, -0.05) is 13.8 Å². The van der Waals surface area contributed by atoms with Crippen molar-refractivity contribution in [1.82, 2.24) is 14.9 Å². The summed E-state index contributed by atoms with van der Waals surface area (Å²) in [5, 5.41) is 11.9. The van der Waals surface area contributed by atoms with E-state index in [-0.39, 0.29) is 12.3 Å². The lowest BCUT2D eigenvalue weighted by atomic mass is 10.0. The van der Waals surface area contributed by atoms with Crippen LogP contribution in [0, 0.1) is 5.92 Å². The predicted octanol–water partition coefficient (Wildman–Crippen LogP) is 2.34. The van der Waals surface area contributed by atoms with Gasteiger partial charge in [0.05, 0.1) is 17.1 Å². The van der Waals surface area contributed by atoms with Crippen LogP contribution in [0.3, 0.4) is 0 Å². The van der Waals surface area contributed by atoms with E-state index >= 15 is 0 Å². The van der Waals surface area contributed by atoms with Gasteiger partial charge in [-0.05, 0) is 30.5 Å². The number of alkyl halides is 2. The van der Waals surface area contributed by atoms with Crippen LogP contribution in [0.5, 0.6) is 0 Å². The van der Waals surface area contributed by atoms with Crippen molar-refractivity contribution in [3.63, 3.8) is 0 Å². The second-order valence-corrected chi connectivity index (χ2v) is 8.72. The third-order valence-corrected chi connectivity index (χ3v) is 5.43. The number of rotatable bonds is 12. The molecule has 8 nitrogen and oxygen atoms in total. The van der Waals surface area contributed by atoms with Gasteiger partial charge in [0.1, 0.15) is 11.9 Å². The smallest absolute Gasteiger partial charge is 0.326 e. The maximum atomic E-state index is 12.5. The number of benzene rings is 1. The number of carboxylic acids is 1. The first-order chi connectivity index (χ1) is 14.7. The number of aliphatic carboxylic acids is 1. The lowest BCUT2D eigenvalue weighted by Crippen LogP contribution is -2.49. The highest BCUT2D eigenvalue weighted by Gasteiger charge is 2.25. The molecule has 0 bridgehead atoms. The summed E-state index contributed by atoms with van der Waals surface area (Å²) in [5.41, 5.74) is 8.74. The maximum Gasteiger partial charge on any atom is 0.326 e. The lowest BCUT2D eigenvalue weighted by molar-refractivity contribution is -0.142. The number of halogens is 2. The number of hydrogen-bond donors (Lipinski definition) is 3. The minimum absolute atomic E-state index is 0.129. The zero-order valence-corrected chi connectivity index (χ0v) is 19.7. The van der Waals surface area contributed by atoms with Crippen molar-refractivity contribution in [2.45, 2.75) is 38.8 Å². The van der Waals surface area contributed by atoms with Crippen molar-refractivity contribution >= 4 is 51.8 Å². The Labute approximate surface area is 192 Å². The van der Waals surface area contributed by atoms with E-state index in [9.17, 15) is 14.7 Å². The molecule has 4 N–H and O–H groups in total. The number of fused-ring (bicyclic) bond motifs is 1. The SMILES string of the molecule is CC(C)CC(NC(=O)C(N)Cc1nc2cc(N(CCCl)CCCl)ccc2n1C)C(=O)O. The molecule has 0 saturated carbocycles. The summed E-state index contributed by atoms with van der Waals surface area (Å²) in [5.74, 6) is 0.177. The molecule has 172 valence electrons. The second kappa shape index (κ2) is 11.5. The van der Waals surface area contributed by atoms with Crippen molar-refractivity contribution in [3.8, 4) is 0 Å². The number of aryl methyl sites for hydroxylation is 1. The normalized spacial score (nSPS) is 13.4. The molecule has 10 heteroatoms. The van der Waals surface area contributed by atoms with Gasteiger partial charge in [-0.3, -0.25) is 4.79 Å². The van der Waals surface area contributed by atoms with Gasteiger partial charge < -0.3 is 25.6 Å². The van der Waals surface area contributed by atoms with E-state index < -0.39 is 24.0 Å². The summed E-state index contributed by atoms with van der Waals surface area (Å²) in [7, 11) is 1.86. The number of nitrogens with one attached hydrogen (secondary N) is 1. The van der Waals surface area contributed by atoms with Gasteiger partial charge in [0.25, 0.3) is 0 Å². The lowest BCUT2D eigenvalue weighted by Gasteiger charge is -2.22. The minimum Gasteiger partial charge on any atom is -0.480 e. The van der Waals surface area contributed by atoms with Crippen LogP contribution in [0.15, 0.2) is 18.2 Å². The topological polar surface area (TPSA) is 113 Å². The molecule has 0 aliphatic heterocycles. The Morgan fingerprint density at radius 3 is 2.45 bits per heavy atom. The van der Waals surface area contributed by atoms with E-state index in [1.54, 1.807) is 0 Å². The van der Waals surface area contributed by atoms with Gasteiger partial charge in [0, 0.05) is 44.0 Å². The molecule has 0 spiro atoms. The molecule has 31 heavy (non-hydrogen) atoms. The first-order valence-electron chi connectivity index (χ1n) is 10.3. The molecule has 2 aromatic rings. The van der Waals surface area contributed by atoms with Gasteiger partial charge in [0.15, 0.2) is 0 Å². The number of hydrogen-bond acceptors (Lipinski definition) is 5. The molecule has 1 aromatic heterocycles. The highest BCUT2D eigenvalue weighted by molar-refractivity contribution is 6.18. The summed E-state index contributed by atoms with van der Waals surface area (Å²) in [4.78, 5) is 30.6. The fourth-order valence-electron chi connectivity index (χ4n) is 3.45. The molecule has 1 heterocycles. The van der Waals surface area contributed by atoms with E-state index in [2.05, 4.69) is 15.2 Å². The van der Waals surface area contributed by atoms with E-state index in [0.29, 0.717) is 37.1 Å². The predicted molar refractivity (Wildman–Crippen MR) is 125 cm³/mol. The Morgan fingerprint density at radius 1 is 1.26 bits per heavy atom. The molecule has 2 atom stereocenters. The molecule has 1 aromatic carbocycles. The number of imidazole rings is 1. The Balaban J connectivity index is 2.17. The van der Waals surface area contributed by atoms with Crippen LogP contribution in [0.2, 0.25) is 0 Å².